The topological polar surface area (TPSA) is 101 Å². The third-order valence-electron chi connectivity index (χ3n) is 2.99. The summed E-state index contributed by atoms with van der Waals surface area (Å²) in [5.74, 6) is -0.0853. The van der Waals surface area contributed by atoms with Crippen molar-refractivity contribution in [2.24, 2.45) is 0 Å². The molecule has 126 valence electrons. The summed E-state index contributed by atoms with van der Waals surface area (Å²) in [5, 5.41) is 10.1. The zero-order chi connectivity index (χ0) is 17.8. The van der Waals surface area contributed by atoms with Crippen molar-refractivity contribution in [3.05, 3.63) is 51.5 Å². The highest BCUT2D eigenvalue weighted by atomic mass is 35.5. The lowest BCUT2D eigenvalue weighted by molar-refractivity contribution is 0.477. The summed E-state index contributed by atoms with van der Waals surface area (Å²) in [6.45, 7) is 3.75. The SMILES string of the molecule is CCc1c(Cl)cc(N)c(O)c1Cl.Cc1ccc(S(=O)(=O)O)cc1. The van der Waals surface area contributed by atoms with Gasteiger partial charge in [-0.3, -0.25) is 4.55 Å². The molecule has 0 saturated carbocycles. The molecule has 0 amide bonds. The maximum atomic E-state index is 10.5. The number of nitrogen functional groups attached to an aromatic ring is 1. The molecule has 0 aliphatic carbocycles. The van der Waals surface area contributed by atoms with Gasteiger partial charge in [0.15, 0.2) is 5.75 Å². The van der Waals surface area contributed by atoms with E-state index in [1.165, 1.54) is 18.2 Å². The number of nitrogens with two attached hydrogens (primary N) is 1. The van der Waals surface area contributed by atoms with Gasteiger partial charge in [0.2, 0.25) is 0 Å². The van der Waals surface area contributed by atoms with Gasteiger partial charge in [-0.25, -0.2) is 0 Å². The number of phenolic OH excluding ortho intramolecular Hbond substituents is 1. The number of benzene rings is 2. The van der Waals surface area contributed by atoms with Gasteiger partial charge >= 0.3 is 0 Å². The van der Waals surface area contributed by atoms with Crippen molar-refractivity contribution in [1.29, 1.82) is 0 Å². The van der Waals surface area contributed by atoms with E-state index in [9.17, 15) is 13.5 Å². The van der Waals surface area contributed by atoms with Crippen LogP contribution < -0.4 is 5.73 Å². The predicted octanol–water partition coefficient (Wildman–Crippen LogP) is 4.09. The smallest absolute Gasteiger partial charge is 0.294 e. The summed E-state index contributed by atoms with van der Waals surface area (Å²) < 4.78 is 29.6. The minimum Gasteiger partial charge on any atom is -0.504 e. The van der Waals surface area contributed by atoms with Crippen LogP contribution in [0, 0.1) is 6.92 Å². The van der Waals surface area contributed by atoms with Gasteiger partial charge in [-0.15, -0.1) is 0 Å². The molecule has 0 heterocycles. The van der Waals surface area contributed by atoms with E-state index in [0.717, 1.165) is 11.1 Å². The van der Waals surface area contributed by atoms with Gasteiger partial charge in [0, 0.05) is 5.02 Å². The average molecular weight is 378 g/mol. The first kappa shape index (κ1) is 19.6. The summed E-state index contributed by atoms with van der Waals surface area (Å²) in [6.07, 6.45) is 0.672. The van der Waals surface area contributed by atoms with Crippen molar-refractivity contribution in [2.45, 2.75) is 25.2 Å². The number of hydrogen-bond donors (Lipinski definition) is 3. The number of hydrogen-bond acceptors (Lipinski definition) is 4. The van der Waals surface area contributed by atoms with Crippen LogP contribution in [0.4, 0.5) is 5.69 Å². The molecule has 8 heteroatoms. The number of aromatic hydroxyl groups is 1. The molecule has 23 heavy (non-hydrogen) atoms. The van der Waals surface area contributed by atoms with Crippen molar-refractivity contribution >= 4 is 39.0 Å². The fourth-order valence-corrected chi connectivity index (χ4v) is 2.92. The fraction of sp³-hybridized carbons (Fsp3) is 0.200. The number of aryl methyl sites for hydroxylation is 1. The second kappa shape index (κ2) is 7.88. The molecule has 2 aromatic carbocycles. The third-order valence-corrected chi connectivity index (χ3v) is 4.60. The van der Waals surface area contributed by atoms with Crippen molar-refractivity contribution in [1.82, 2.24) is 0 Å². The highest BCUT2D eigenvalue weighted by Gasteiger charge is 2.11. The van der Waals surface area contributed by atoms with Gasteiger partial charge in [0.25, 0.3) is 10.1 Å². The molecular formula is C15H17Cl2NO4S. The lowest BCUT2D eigenvalue weighted by atomic mass is 10.1. The number of rotatable bonds is 2. The summed E-state index contributed by atoms with van der Waals surface area (Å²) in [4.78, 5) is -0.0666. The van der Waals surface area contributed by atoms with Crippen molar-refractivity contribution in [3.8, 4) is 5.75 Å². The normalized spacial score (nSPS) is 10.8. The van der Waals surface area contributed by atoms with Crippen molar-refractivity contribution in [2.75, 3.05) is 5.73 Å². The molecule has 0 unspecified atom stereocenters. The van der Waals surface area contributed by atoms with Crippen LogP contribution in [0.5, 0.6) is 5.75 Å². The van der Waals surface area contributed by atoms with Gasteiger partial charge in [-0.2, -0.15) is 8.42 Å². The quantitative estimate of drug-likeness (QED) is 0.415. The zero-order valence-corrected chi connectivity index (χ0v) is 14.9. The first-order valence-electron chi connectivity index (χ1n) is 6.57. The molecule has 2 aromatic rings. The maximum Gasteiger partial charge on any atom is 0.294 e. The largest absolute Gasteiger partial charge is 0.504 e. The summed E-state index contributed by atoms with van der Waals surface area (Å²) in [6, 6.07) is 7.49. The van der Waals surface area contributed by atoms with E-state index in [0.29, 0.717) is 11.4 Å². The molecule has 5 nitrogen and oxygen atoms in total. The predicted molar refractivity (Wildman–Crippen MR) is 92.9 cm³/mol. The zero-order valence-electron chi connectivity index (χ0n) is 12.5. The average Bonchev–Trinajstić information content (AvgIpc) is 2.45. The molecule has 0 bridgehead atoms. The molecule has 0 fully saturated rings. The lowest BCUT2D eigenvalue weighted by Crippen LogP contribution is -1.96. The van der Waals surface area contributed by atoms with Crippen LogP contribution in [0.3, 0.4) is 0 Å². The Labute approximate surface area is 145 Å². The van der Waals surface area contributed by atoms with E-state index in [1.54, 1.807) is 12.1 Å². The monoisotopic (exact) mass is 377 g/mol. The first-order valence-corrected chi connectivity index (χ1v) is 8.77. The Morgan fingerprint density at radius 2 is 1.70 bits per heavy atom. The van der Waals surface area contributed by atoms with E-state index < -0.39 is 10.1 Å². The minimum atomic E-state index is -4.02. The standard InChI is InChI=1S/C8H9Cl2NO.C7H8O3S/c1-2-4-5(9)3-6(11)8(12)7(4)10;1-6-2-4-7(5-3-6)11(8,9)10/h3,12H,2,11H2,1H3;2-5H,1H3,(H,8,9,10). The third kappa shape index (κ3) is 5.28. The molecule has 0 aromatic heterocycles. The van der Waals surface area contributed by atoms with Gasteiger partial charge in [0.1, 0.15) is 0 Å². The van der Waals surface area contributed by atoms with E-state index in [2.05, 4.69) is 0 Å². The van der Waals surface area contributed by atoms with E-state index in [1.807, 2.05) is 13.8 Å². The Morgan fingerprint density at radius 3 is 2.13 bits per heavy atom. The Morgan fingerprint density at radius 1 is 1.17 bits per heavy atom. The Kier molecular flexibility index (Phi) is 6.70. The first-order chi connectivity index (χ1) is 10.6. The molecule has 0 aliphatic heterocycles. The number of anilines is 1. The molecule has 0 saturated heterocycles. The summed E-state index contributed by atoms with van der Waals surface area (Å²) >= 11 is 11.6. The highest BCUT2D eigenvalue weighted by Crippen LogP contribution is 2.37. The van der Waals surface area contributed by atoms with E-state index >= 15 is 0 Å². The van der Waals surface area contributed by atoms with Crippen LogP contribution in [-0.4, -0.2) is 18.1 Å². The molecular weight excluding hydrogens is 361 g/mol. The number of halogens is 2. The maximum absolute atomic E-state index is 10.5. The molecule has 0 atom stereocenters. The van der Waals surface area contributed by atoms with Crippen LogP contribution in [0.15, 0.2) is 35.2 Å². The van der Waals surface area contributed by atoms with Crippen LogP contribution in [0.25, 0.3) is 0 Å². The Bertz CT molecular complexity index is 790. The van der Waals surface area contributed by atoms with Crippen LogP contribution in [0.2, 0.25) is 10.0 Å². The molecule has 0 aliphatic rings. The Balaban J connectivity index is 0.000000231. The minimum absolute atomic E-state index is 0.0666. The van der Waals surface area contributed by atoms with E-state index in [4.69, 9.17) is 33.5 Å². The molecule has 0 radical (unpaired) electrons. The Hall–Kier alpha value is -1.47. The highest BCUT2D eigenvalue weighted by molar-refractivity contribution is 7.85. The van der Waals surface area contributed by atoms with Crippen molar-refractivity contribution in [3.63, 3.8) is 0 Å². The van der Waals surface area contributed by atoms with Crippen LogP contribution in [0.1, 0.15) is 18.1 Å². The summed E-state index contributed by atoms with van der Waals surface area (Å²) in [5.41, 5.74) is 7.32. The second-order valence-corrected chi connectivity index (χ2v) is 6.94. The van der Waals surface area contributed by atoms with Gasteiger partial charge in [-0.1, -0.05) is 47.8 Å². The van der Waals surface area contributed by atoms with Crippen LogP contribution in [-0.2, 0) is 16.5 Å². The number of phenols is 1. The van der Waals surface area contributed by atoms with Gasteiger partial charge < -0.3 is 10.8 Å². The van der Waals surface area contributed by atoms with Crippen LogP contribution >= 0.6 is 23.2 Å². The fourth-order valence-electron chi connectivity index (χ4n) is 1.70. The summed E-state index contributed by atoms with van der Waals surface area (Å²) in [7, 11) is -4.02. The van der Waals surface area contributed by atoms with Gasteiger partial charge in [0.05, 0.1) is 15.6 Å². The van der Waals surface area contributed by atoms with Gasteiger partial charge in [-0.05, 0) is 37.1 Å². The molecule has 0 spiro atoms. The second-order valence-electron chi connectivity index (χ2n) is 4.73. The molecule has 2 rings (SSSR count). The van der Waals surface area contributed by atoms with Crippen molar-refractivity contribution < 1.29 is 18.1 Å². The van der Waals surface area contributed by atoms with E-state index in [-0.39, 0.29) is 21.4 Å². The lowest BCUT2D eigenvalue weighted by Gasteiger charge is -2.08. The molecule has 4 N–H and O–H groups in total.